The summed E-state index contributed by atoms with van der Waals surface area (Å²) < 4.78 is 10.8. The Morgan fingerprint density at radius 3 is 2.62 bits per heavy atom. The van der Waals surface area contributed by atoms with E-state index in [1.165, 1.54) is 17.8 Å². The van der Waals surface area contributed by atoms with Gasteiger partial charge in [0, 0.05) is 33.0 Å². The summed E-state index contributed by atoms with van der Waals surface area (Å²) in [6.45, 7) is 5.62. The van der Waals surface area contributed by atoms with Crippen LogP contribution in [0, 0.1) is 0 Å². The quantitative estimate of drug-likeness (QED) is 0.282. The number of esters is 1. The van der Waals surface area contributed by atoms with Crippen molar-refractivity contribution in [3.8, 4) is 0 Å². The lowest BCUT2D eigenvalue weighted by Crippen LogP contribution is -2.31. The van der Waals surface area contributed by atoms with E-state index in [0.717, 1.165) is 5.56 Å². The predicted molar refractivity (Wildman–Crippen MR) is 126 cm³/mol. The second-order valence-corrected chi connectivity index (χ2v) is 8.89. The first kappa shape index (κ1) is 23.9. The molecule has 6 nitrogen and oxygen atoms in total. The average Bonchev–Trinajstić information content (AvgIpc) is 2.75. The van der Waals surface area contributed by atoms with E-state index in [2.05, 4.69) is 5.32 Å². The van der Waals surface area contributed by atoms with Gasteiger partial charge >= 0.3 is 11.6 Å². The highest BCUT2D eigenvalue weighted by molar-refractivity contribution is 8.00. The average molecular weight is 474 g/mol. The largest absolute Gasteiger partial charge is 0.457 e. The van der Waals surface area contributed by atoms with Crippen molar-refractivity contribution in [1.82, 2.24) is 5.32 Å². The van der Waals surface area contributed by atoms with Crippen molar-refractivity contribution in [1.29, 1.82) is 0 Å². The summed E-state index contributed by atoms with van der Waals surface area (Å²) in [5, 5.41) is 3.99. The summed E-state index contributed by atoms with van der Waals surface area (Å²) in [5.74, 6) is -0.473. The minimum Gasteiger partial charge on any atom is -0.457 e. The maximum absolute atomic E-state index is 12.8. The predicted octanol–water partition coefficient (Wildman–Crippen LogP) is 4.98. The molecule has 0 fully saturated rings. The van der Waals surface area contributed by atoms with Crippen LogP contribution in [-0.2, 0) is 22.6 Å². The number of carbonyl (C=O) groups excluding carboxylic acids is 2. The van der Waals surface area contributed by atoms with Crippen molar-refractivity contribution in [3.63, 3.8) is 0 Å². The van der Waals surface area contributed by atoms with Gasteiger partial charge in [0.15, 0.2) is 0 Å². The summed E-state index contributed by atoms with van der Waals surface area (Å²) in [5.41, 5.74) is 1.60. The van der Waals surface area contributed by atoms with E-state index in [-0.39, 0.29) is 24.3 Å². The molecule has 0 spiro atoms. The second-order valence-electron chi connectivity index (χ2n) is 7.47. The summed E-state index contributed by atoms with van der Waals surface area (Å²) in [4.78, 5) is 37.4. The fraction of sp³-hybridized carbons (Fsp3) is 0.292. The number of hydrogen-bond acceptors (Lipinski definition) is 6. The second kappa shape index (κ2) is 10.7. The molecular formula is C24H24ClNO5S. The highest BCUT2D eigenvalue weighted by Gasteiger charge is 2.16. The van der Waals surface area contributed by atoms with Crippen LogP contribution in [0.15, 0.2) is 56.6 Å². The molecule has 0 aliphatic carbocycles. The van der Waals surface area contributed by atoms with Crippen LogP contribution in [0.1, 0.15) is 42.3 Å². The van der Waals surface area contributed by atoms with Crippen LogP contribution in [0.4, 0.5) is 0 Å². The van der Waals surface area contributed by atoms with Gasteiger partial charge in [-0.1, -0.05) is 30.7 Å². The molecule has 0 radical (unpaired) electrons. The Hall–Kier alpha value is -2.77. The number of carbonyl (C=O) groups is 2. The van der Waals surface area contributed by atoms with Crippen molar-refractivity contribution >= 4 is 46.2 Å². The number of benzene rings is 2. The van der Waals surface area contributed by atoms with Crippen LogP contribution in [-0.4, -0.2) is 23.7 Å². The summed E-state index contributed by atoms with van der Waals surface area (Å²) in [6.07, 6.45) is 0.696. The smallest absolute Gasteiger partial charge is 0.339 e. The lowest BCUT2D eigenvalue weighted by atomic mass is 10.1. The van der Waals surface area contributed by atoms with Crippen LogP contribution in [0.5, 0.6) is 0 Å². The van der Waals surface area contributed by atoms with Gasteiger partial charge in [-0.25, -0.2) is 9.59 Å². The fourth-order valence-electron chi connectivity index (χ4n) is 3.17. The maximum atomic E-state index is 12.8. The maximum Gasteiger partial charge on any atom is 0.339 e. The number of thioether (sulfide) groups is 1. The standard InChI is InChI=1S/C24H24ClNO5S/c1-4-15-9-20-18(11-19(15)25)16(10-23(28)31-20)12-30-24(29)17-7-5-6-8-21(17)32-13-22(27)26-14(2)3/h5-11,14H,4,12-13H2,1-3H3,(H,26,27). The molecule has 1 aromatic heterocycles. The van der Waals surface area contributed by atoms with Gasteiger partial charge in [0.1, 0.15) is 12.2 Å². The first-order valence-electron chi connectivity index (χ1n) is 10.2. The molecule has 0 saturated carbocycles. The van der Waals surface area contributed by atoms with E-state index in [4.69, 9.17) is 20.8 Å². The number of halogens is 1. The molecule has 0 bridgehead atoms. The Kier molecular flexibility index (Phi) is 7.99. The van der Waals surface area contributed by atoms with Crippen molar-refractivity contribution in [2.24, 2.45) is 0 Å². The van der Waals surface area contributed by atoms with Gasteiger partial charge in [-0.05, 0) is 50.1 Å². The first-order chi connectivity index (χ1) is 15.3. The van der Waals surface area contributed by atoms with E-state index in [9.17, 15) is 14.4 Å². The SMILES string of the molecule is CCc1cc2oc(=O)cc(COC(=O)c3ccccc3SCC(=O)NC(C)C)c2cc1Cl. The highest BCUT2D eigenvalue weighted by atomic mass is 35.5. The van der Waals surface area contributed by atoms with Crippen LogP contribution < -0.4 is 10.9 Å². The lowest BCUT2D eigenvalue weighted by Gasteiger charge is -2.12. The molecule has 1 heterocycles. The number of aryl methyl sites for hydroxylation is 1. The zero-order valence-corrected chi connectivity index (χ0v) is 19.6. The third-order valence-electron chi connectivity index (χ3n) is 4.65. The Labute approximate surface area is 195 Å². The molecule has 32 heavy (non-hydrogen) atoms. The third kappa shape index (κ3) is 5.93. The monoisotopic (exact) mass is 473 g/mol. The highest BCUT2D eigenvalue weighted by Crippen LogP contribution is 2.27. The van der Waals surface area contributed by atoms with E-state index in [1.54, 1.807) is 36.4 Å². The van der Waals surface area contributed by atoms with Crippen LogP contribution in [0.25, 0.3) is 11.0 Å². The summed E-state index contributed by atoms with van der Waals surface area (Å²) in [7, 11) is 0. The topological polar surface area (TPSA) is 85.6 Å². The normalized spacial score (nSPS) is 11.0. The number of ether oxygens (including phenoxy) is 1. The molecular weight excluding hydrogens is 450 g/mol. The van der Waals surface area contributed by atoms with Crippen molar-refractivity contribution in [3.05, 3.63) is 74.6 Å². The Balaban J connectivity index is 1.78. The minimum atomic E-state index is -0.546. The number of nitrogens with one attached hydrogen (secondary N) is 1. The van der Waals surface area contributed by atoms with Crippen LogP contribution in [0.2, 0.25) is 5.02 Å². The van der Waals surface area contributed by atoms with Gasteiger partial charge in [0.05, 0.1) is 11.3 Å². The van der Waals surface area contributed by atoms with E-state index >= 15 is 0 Å². The Morgan fingerprint density at radius 2 is 1.91 bits per heavy atom. The molecule has 0 aliphatic rings. The van der Waals surface area contributed by atoms with E-state index in [1.807, 2.05) is 20.8 Å². The zero-order chi connectivity index (χ0) is 23.3. The van der Waals surface area contributed by atoms with E-state index in [0.29, 0.717) is 38.4 Å². The molecule has 1 amide bonds. The molecule has 0 atom stereocenters. The summed E-state index contributed by atoms with van der Waals surface area (Å²) in [6, 6.07) is 11.7. The number of fused-ring (bicyclic) bond motifs is 1. The van der Waals surface area contributed by atoms with Gasteiger partial charge in [-0.3, -0.25) is 4.79 Å². The van der Waals surface area contributed by atoms with Crippen LogP contribution >= 0.6 is 23.4 Å². The molecule has 8 heteroatoms. The molecule has 168 valence electrons. The molecule has 0 unspecified atom stereocenters. The fourth-order valence-corrected chi connectivity index (χ4v) is 4.32. The van der Waals surface area contributed by atoms with Gasteiger partial charge in [0.25, 0.3) is 0 Å². The van der Waals surface area contributed by atoms with Crippen LogP contribution in [0.3, 0.4) is 0 Å². The van der Waals surface area contributed by atoms with Gasteiger partial charge < -0.3 is 14.5 Å². The van der Waals surface area contributed by atoms with Gasteiger partial charge in [-0.15, -0.1) is 11.8 Å². The Bertz CT molecular complexity index is 1200. The number of hydrogen-bond donors (Lipinski definition) is 1. The molecule has 0 saturated heterocycles. The van der Waals surface area contributed by atoms with Gasteiger partial charge in [-0.2, -0.15) is 0 Å². The molecule has 3 aromatic rings. The van der Waals surface area contributed by atoms with E-state index < -0.39 is 11.6 Å². The number of amides is 1. The molecule has 0 aliphatic heterocycles. The third-order valence-corrected chi connectivity index (χ3v) is 6.08. The van der Waals surface area contributed by atoms with Crippen molar-refractivity contribution < 1.29 is 18.7 Å². The van der Waals surface area contributed by atoms with Gasteiger partial charge in [0.2, 0.25) is 5.91 Å². The number of rotatable bonds is 8. The minimum absolute atomic E-state index is 0.0450. The lowest BCUT2D eigenvalue weighted by molar-refractivity contribution is -0.119. The molecule has 2 aromatic carbocycles. The Morgan fingerprint density at radius 1 is 1.16 bits per heavy atom. The van der Waals surface area contributed by atoms with Crippen molar-refractivity contribution in [2.45, 2.75) is 44.7 Å². The first-order valence-corrected chi connectivity index (χ1v) is 11.6. The van der Waals surface area contributed by atoms with Crippen molar-refractivity contribution in [2.75, 3.05) is 5.75 Å². The molecule has 3 rings (SSSR count). The zero-order valence-electron chi connectivity index (χ0n) is 18.1. The molecule has 1 N–H and O–H groups in total. The summed E-state index contributed by atoms with van der Waals surface area (Å²) >= 11 is 7.59.